The summed E-state index contributed by atoms with van der Waals surface area (Å²) in [6, 6.07) is 17.0. The normalized spacial score (nSPS) is 10.1. The summed E-state index contributed by atoms with van der Waals surface area (Å²) in [7, 11) is 0. The highest BCUT2D eigenvalue weighted by atomic mass is 79.9. The highest BCUT2D eigenvalue weighted by molar-refractivity contribution is 9.10. The minimum atomic E-state index is 0.0722. The van der Waals surface area contributed by atoms with Gasteiger partial charge in [0.2, 0.25) is 5.12 Å². The zero-order valence-corrected chi connectivity index (χ0v) is 10.8. The van der Waals surface area contributed by atoms with Crippen molar-refractivity contribution in [2.75, 3.05) is 0 Å². The molecule has 16 heavy (non-hydrogen) atoms. The molecular weight excluding hydrogens is 284 g/mol. The van der Waals surface area contributed by atoms with Crippen LogP contribution in [0.5, 0.6) is 0 Å². The fraction of sp³-hybridized carbons (Fsp3) is 0. The van der Waals surface area contributed by atoms with Gasteiger partial charge in [-0.25, -0.2) is 0 Å². The van der Waals surface area contributed by atoms with E-state index in [1.54, 1.807) is 0 Å². The molecule has 0 heterocycles. The number of carbonyl (C=O) groups is 1. The van der Waals surface area contributed by atoms with Gasteiger partial charge >= 0.3 is 0 Å². The van der Waals surface area contributed by atoms with Crippen LogP contribution in [0.2, 0.25) is 0 Å². The lowest BCUT2D eigenvalue weighted by molar-refractivity contribution is 0.108. The zero-order chi connectivity index (χ0) is 11.4. The maximum Gasteiger partial charge on any atom is 0.224 e. The van der Waals surface area contributed by atoms with Gasteiger partial charge in [0.15, 0.2) is 0 Å². The van der Waals surface area contributed by atoms with Crippen LogP contribution in [-0.2, 0) is 0 Å². The molecule has 3 heteroatoms. The SMILES string of the molecule is O=C(Sc1ccc(Br)cc1)c1ccccc1. The molecule has 0 saturated heterocycles. The molecule has 0 aliphatic rings. The van der Waals surface area contributed by atoms with Gasteiger partial charge in [0.25, 0.3) is 0 Å². The van der Waals surface area contributed by atoms with Crippen LogP contribution in [0.15, 0.2) is 64.0 Å². The molecule has 80 valence electrons. The van der Waals surface area contributed by atoms with Crippen molar-refractivity contribution >= 4 is 32.8 Å². The molecule has 0 bridgehead atoms. The summed E-state index contributed by atoms with van der Waals surface area (Å²) in [6.45, 7) is 0. The van der Waals surface area contributed by atoms with E-state index in [0.29, 0.717) is 0 Å². The minimum absolute atomic E-state index is 0.0722. The van der Waals surface area contributed by atoms with E-state index in [1.807, 2.05) is 54.6 Å². The molecule has 0 unspecified atom stereocenters. The van der Waals surface area contributed by atoms with Crippen molar-refractivity contribution in [1.82, 2.24) is 0 Å². The fourth-order valence-electron chi connectivity index (χ4n) is 1.24. The van der Waals surface area contributed by atoms with Crippen LogP contribution in [0.4, 0.5) is 0 Å². The third-order valence-corrected chi connectivity index (χ3v) is 3.49. The van der Waals surface area contributed by atoms with Gasteiger partial charge in [-0.2, -0.15) is 0 Å². The second-order valence-corrected chi connectivity index (χ2v) is 5.17. The molecule has 2 aromatic carbocycles. The predicted molar refractivity (Wildman–Crippen MR) is 70.8 cm³/mol. The minimum Gasteiger partial charge on any atom is -0.281 e. The van der Waals surface area contributed by atoms with Crippen molar-refractivity contribution in [3.05, 3.63) is 64.6 Å². The summed E-state index contributed by atoms with van der Waals surface area (Å²) in [5.74, 6) is 0. The molecule has 0 fully saturated rings. The van der Waals surface area contributed by atoms with Crippen molar-refractivity contribution in [2.24, 2.45) is 0 Å². The van der Waals surface area contributed by atoms with Crippen LogP contribution in [0.25, 0.3) is 0 Å². The first-order chi connectivity index (χ1) is 7.75. The molecule has 0 N–H and O–H groups in total. The first-order valence-corrected chi connectivity index (χ1v) is 6.39. The third-order valence-electron chi connectivity index (χ3n) is 2.03. The Hall–Kier alpha value is -1.06. The molecule has 0 spiro atoms. The summed E-state index contributed by atoms with van der Waals surface area (Å²) in [5.41, 5.74) is 0.732. The molecule has 1 nitrogen and oxygen atoms in total. The third kappa shape index (κ3) is 2.97. The summed E-state index contributed by atoms with van der Waals surface area (Å²) >= 11 is 4.61. The van der Waals surface area contributed by atoms with Gasteiger partial charge in [-0.1, -0.05) is 46.3 Å². The standard InChI is InChI=1S/C13H9BrOS/c14-11-6-8-12(9-7-11)16-13(15)10-4-2-1-3-5-10/h1-9H. The molecule has 0 amide bonds. The lowest BCUT2D eigenvalue weighted by Crippen LogP contribution is -1.91. The molecular formula is C13H9BrOS. The van der Waals surface area contributed by atoms with E-state index < -0.39 is 0 Å². The lowest BCUT2D eigenvalue weighted by atomic mass is 10.2. The van der Waals surface area contributed by atoms with Gasteiger partial charge < -0.3 is 0 Å². The predicted octanol–water partition coefficient (Wildman–Crippen LogP) is 4.38. The smallest absolute Gasteiger partial charge is 0.224 e. The van der Waals surface area contributed by atoms with Crippen LogP contribution in [0.3, 0.4) is 0 Å². The summed E-state index contributed by atoms with van der Waals surface area (Å²) in [6.07, 6.45) is 0. The Balaban J connectivity index is 2.11. The van der Waals surface area contributed by atoms with Gasteiger partial charge in [0.05, 0.1) is 0 Å². The Bertz CT molecular complexity index is 479. The van der Waals surface area contributed by atoms with Gasteiger partial charge in [0, 0.05) is 14.9 Å². The van der Waals surface area contributed by atoms with Crippen LogP contribution in [0, 0.1) is 0 Å². The number of hydrogen-bond acceptors (Lipinski definition) is 2. The molecule has 0 saturated carbocycles. The van der Waals surface area contributed by atoms with E-state index in [9.17, 15) is 4.79 Å². The van der Waals surface area contributed by atoms with Crippen molar-refractivity contribution in [2.45, 2.75) is 4.90 Å². The quantitative estimate of drug-likeness (QED) is 0.764. The van der Waals surface area contributed by atoms with Gasteiger partial charge in [-0.05, 0) is 36.0 Å². The summed E-state index contributed by atoms with van der Waals surface area (Å²) in [4.78, 5) is 12.8. The molecule has 0 aliphatic carbocycles. The van der Waals surface area contributed by atoms with Gasteiger partial charge in [0.1, 0.15) is 0 Å². The van der Waals surface area contributed by atoms with Crippen LogP contribution < -0.4 is 0 Å². The highest BCUT2D eigenvalue weighted by Gasteiger charge is 2.06. The number of benzene rings is 2. The summed E-state index contributed by atoms with van der Waals surface area (Å²) < 4.78 is 1.02. The largest absolute Gasteiger partial charge is 0.281 e. The monoisotopic (exact) mass is 292 g/mol. The van der Waals surface area contributed by atoms with Gasteiger partial charge in [-0.15, -0.1) is 0 Å². The van der Waals surface area contributed by atoms with Crippen molar-refractivity contribution < 1.29 is 4.79 Å². The molecule has 2 rings (SSSR count). The van der Waals surface area contributed by atoms with Crippen LogP contribution in [-0.4, -0.2) is 5.12 Å². The van der Waals surface area contributed by atoms with Crippen molar-refractivity contribution in [1.29, 1.82) is 0 Å². The maximum atomic E-state index is 11.9. The van der Waals surface area contributed by atoms with E-state index in [2.05, 4.69) is 15.9 Å². The molecule has 0 aromatic heterocycles. The van der Waals surface area contributed by atoms with Crippen molar-refractivity contribution in [3.63, 3.8) is 0 Å². The maximum absolute atomic E-state index is 11.9. The molecule has 0 radical (unpaired) electrons. The Morgan fingerprint density at radius 2 is 1.56 bits per heavy atom. The van der Waals surface area contributed by atoms with Crippen LogP contribution >= 0.6 is 27.7 Å². The highest BCUT2D eigenvalue weighted by Crippen LogP contribution is 2.24. The van der Waals surface area contributed by atoms with E-state index in [1.165, 1.54) is 11.8 Å². The average Bonchev–Trinajstić information content (AvgIpc) is 2.33. The number of thioether (sulfide) groups is 1. The first-order valence-electron chi connectivity index (χ1n) is 4.78. The van der Waals surface area contributed by atoms with E-state index in [4.69, 9.17) is 0 Å². The molecule has 0 aliphatic heterocycles. The fourth-order valence-corrected chi connectivity index (χ4v) is 2.25. The summed E-state index contributed by atoms with van der Waals surface area (Å²) in [5, 5.41) is 0.0722. The average molecular weight is 293 g/mol. The zero-order valence-electron chi connectivity index (χ0n) is 8.39. The van der Waals surface area contributed by atoms with E-state index >= 15 is 0 Å². The molecule has 2 aromatic rings. The van der Waals surface area contributed by atoms with Crippen LogP contribution in [0.1, 0.15) is 10.4 Å². The Labute approximate surface area is 107 Å². The second-order valence-electron chi connectivity index (χ2n) is 3.21. The lowest BCUT2D eigenvalue weighted by Gasteiger charge is -2.00. The Kier molecular flexibility index (Phi) is 3.80. The molecule has 0 atom stereocenters. The number of halogens is 1. The van der Waals surface area contributed by atoms with Gasteiger partial charge in [-0.3, -0.25) is 4.79 Å². The number of carbonyl (C=O) groups excluding carboxylic acids is 1. The Morgan fingerprint density at radius 1 is 0.938 bits per heavy atom. The van der Waals surface area contributed by atoms with E-state index in [-0.39, 0.29) is 5.12 Å². The van der Waals surface area contributed by atoms with E-state index in [0.717, 1.165) is 14.9 Å². The first kappa shape index (κ1) is 11.4. The number of rotatable bonds is 2. The Morgan fingerprint density at radius 3 is 2.19 bits per heavy atom. The van der Waals surface area contributed by atoms with Crippen molar-refractivity contribution in [3.8, 4) is 0 Å². The second kappa shape index (κ2) is 5.32. The number of hydrogen-bond donors (Lipinski definition) is 0. The topological polar surface area (TPSA) is 17.1 Å².